The molecule has 2 aliphatic rings. The molecule has 0 aliphatic carbocycles. The zero-order chi connectivity index (χ0) is 15.1. The first-order chi connectivity index (χ1) is 9.99. The second-order valence-corrected chi connectivity index (χ2v) is 5.08. The maximum absolute atomic E-state index is 14.0. The number of nitrogens with zero attached hydrogens (tertiary/aromatic N) is 2. The van der Waals surface area contributed by atoms with E-state index in [4.69, 9.17) is 0 Å². The number of amides is 2. The summed E-state index contributed by atoms with van der Waals surface area (Å²) in [5.41, 5.74) is 1.19. The Bertz CT molecular complexity index is 696. The van der Waals surface area contributed by atoms with Gasteiger partial charge < -0.3 is 4.90 Å². The van der Waals surface area contributed by atoms with Crippen LogP contribution in [0, 0.1) is 5.82 Å². The van der Waals surface area contributed by atoms with Crippen molar-refractivity contribution in [2.75, 3.05) is 0 Å². The second-order valence-electron chi connectivity index (χ2n) is 5.08. The molecular formula is C15H14FN3O2. The van der Waals surface area contributed by atoms with E-state index in [2.05, 4.69) is 16.9 Å². The maximum atomic E-state index is 14.0. The molecular weight excluding hydrogens is 273 g/mol. The molecule has 0 spiro atoms. The molecule has 0 radical (unpaired) electrons. The summed E-state index contributed by atoms with van der Waals surface area (Å²) in [5.74, 6) is -0.555. The number of hydrogen-bond donors (Lipinski definition) is 1. The first-order valence-electron chi connectivity index (χ1n) is 6.65. The zero-order valence-corrected chi connectivity index (χ0v) is 11.5. The van der Waals surface area contributed by atoms with Gasteiger partial charge in [-0.05, 0) is 25.5 Å². The monoisotopic (exact) mass is 287 g/mol. The van der Waals surface area contributed by atoms with Gasteiger partial charge in [-0.2, -0.15) is 0 Å². The molecule has 5 nitrogen and oxygen atoms in total. The number of imide groups is 1. The van der Waals surface area contributed by atoms with Crippen molar-refractivity contribution >= 4 is 29.0 Å². The number of aliphatic imine (C=N–C) groups is 1. The van der Waals surface area contributed by atoms with Gasteiger partial charge >= 0.3 is 0 Å². The van der Waals surface area contributed by atoms with E-state index < -0.39 is 17.8 Å². The van der Waals surface area contributed by atoms with E-state index in [-0.39, 0.29) is 12.3 Å². The topological polar surface area (TPSA) is 61.8 Å². The fourth-order valence-electron chi connectivity index (χ4n) is 2.78. The van der Waals surface area contributed by atoms with E-state index >= 15 is 0 Å². The smallest absolute Gasteiger partial charge is 0.249 e. The van der Waals surface area contributed by atoms with Crippen molar-refractivity contribution in [1.82, 2.24) is 10.2 Å². The van der Waals surface area contributed by atoms with Gasteiger partial charge in [0, 0.05) is 12.1 Å². The van der Waals surface area contributed by atoms with E-state index in [0.29, 0.717) is 29.2 Å². The third kappa shape index (κ3) is 2.12. The third-order valence-corrected chi connectivity index (χ3v) is 3.72. The lowest BCUT2D eigenvalue weighted by molar-refractivity contribution is -0.135. The Morgan fingerprint density at radius 3 is 2.90 bits per heavy atom. The lowest BCUT2D eigenvalue weighted by Crippen LogP contribution is -2.53. The Morgan fingerprint density at radius 2 is 2.19 bits per heavy atom. The highest BCUT2D eigenvalue weighted by Crippen LogP contribution is 2.37. The fourth-order valence-corrected chi connectivity index (χ4v) is 2.78. The van der Waals surface area contributed by atoms with Crippen LogP contribution in [0.5, 0.6) is 0 Å². The van der Waals surface area contributed by atoms with Crippen molar-refractivity contribution in [3.63, 3.8) is 0 Å². The number of carbonyl (C=O) groups excluding carboxylic acids is 2. The lowest BCUT2D eigenvalue weighted by atomic mass is 9.99. The minimum Gasteiger partial charge on any atom is -0.317 e. The highest BCUT2D eigenvalue weighted by Gasteiger charge is 2.36. The summed E-state index contributed by atoms with van der Waals surface area (Å²) in [4.78, 5) is 29.2. The van der Waals surface area contributed by atoms with Crippen LogP contribution < -0.4 is 5.32 Å². The molecule has 108 valence electrons. The van der Waals surface area contributed by atoms with E-state index in [0.717, 1.165) is 0 Å². The highest BCUT2D eigenvalue weighted by molar-refractivity contribution is 6.05. The van der Waals surface area contributed by atoms with Crippen molar-refractivity contribution < 1.29 is 14.0 Å². The number of hydrogen-bond acceptors (Lipinski definition) is 4. The van der Waals surface area contributed by atoms with Gasteiger partial charge in [0.2, 0.25) is 11.8 Å². The Morgan fingerprint density at radius 1 is 1.43 bits per heavy atom. The summed E-state index contributed by atoms with van der Waals surface area (Å²) >= 11 is 0. The number of halogens is 1. The standard InChI is InChI=1S/C15H14FN3O2/c1-8-14-10(16)4-3-5-11(14)17-9(2)19(8)12-6-7-13(20)18-15(12)21/h3-5,12H,1,6-7H2,2H3,(H,18,20,21). The van der Waals surface area contributed by atoms with E-state index in [9.17, 15) is 14.0 Å². The van der Waals surface area contributed by atoms with Gasteiger partial charge in [0.25, 0.3) is 0 Å². The van der Waals surface area contributed by atoms with Crippen molar-refractivity contribution in [1.29, 1.82) is 0 Å². The SMILES string of the molecule is C=C1c2c(F)cccc2N=C(C)N1C1CCC(=O)NC1=O. The number of piperidine rings is 1. The number of benzene rings is 1. The van der Waals surface area contributed by atoms with Gasteiger partial charge in [0.15, 0.2) is 0 Å². The molecule has 2 amide bonds. The van der Waals surface area contributed by atoms with E-state index in [1.54, 1.807) is 24.0 Å². The molecule has 2 heterocycles. The first kappa shape index (κ1) is 13.5. The molecule has 1 unspecified atom stereocenters. The van der Waals surface area contributed by atoms with Crippen molar-refractivity contribution in [2.45, 2.75) is 25.8 Å². The summed E-state index contributed by atoms with van der Waals surface area (Å²) in [6.07, 6.45) is 0.609. The summed E-state index contributed by atoms with van der Waals surface area (Å²) in [5, 5.41) is 2.30. The van der Waals surface area contributed by atoms with Gasteiger partial charge in [0.05, 0.1) is 11.3 Å². The van der Waals surface area contributed by atoms with Crippen LogP contribution in [-0.4, -0.2) is 28.6 Å². The van der Waals surface area contributed by atoms with Crippen LogP contribution in [0.2, 0.25) is 0 Å². The predicted octanol–water partition coefficient (Wildman–Crippen LogP) is 1.97. The molecule has 21 heavy (non-hydrogen) atoms. The van der Waals surface area contributed by atoms with Crippen molar-refractivity contribution in [2.24, 2.45) is 4.99 Å². The molecule has 3 rings (SSSR count). The minimum atomic E-state index is -0.591. The molecule has 6 heteroatoms. The minimum absolute atomic E-state index is 0.248. The van der Waals surface area contributed by atoms with Crippen LogP contribution in [0.1, 0.15) is 25.3 Å². The summed E-state index contributed by atoms with van der Waals surface area (Å²) in [6.45, 7) is 5.66. The number of nitrogens with one attached hydrogen (secondary N) is 1. The largest absolute Gasteiger partial charge is 0.317 e. The summed E-state index contributed by atoms with van der Waals surface area (Å²) < 4.78 is 14.0. The fraction of sp³-hybridized carbons (Fsp3) is 0.267. The third-order valence-electron chi connectivity index (χ3n) is 3.72. The van der Waals surface area contributed by atoms with Crippen LogP contribution in [-0.2, 0) is 9.59 Å². The van der Waals surface area contributed by atoms with E-state index in [1.165, 1.54) is 6.07 Å². The Hall–Kier alpha value is -2.50. The molecule has 1 aromatic carbocycles. The molecule has 0 aromatic heterocycles. The Balaban J connectivity index is 2.02. The van der Waals surface area contributed by atoms with Crippen LogP contribution in [0.3, 0.4) is 0 Å². The normalized spacial score (nSPS) is 21.8. The van der Waals surface area contributed by atoms with Crippen LogP contribution in [0.4, 0.5) is 10.1 Å². The average molecular weight is 287 g/mol. The number of rotatable bonds is 1. The Kier molecular flexibility index (Phi) is 3.08. The first-order valence-corrected chi connectivity index (χ1v) is 6.65. The predicted molar refractivity (Wildman–Crippen MR) is 76.2 cm³/mol. The zero-order valence-electron chi connectivity index (χ0n) is 11.5. The van der Waals surface area contributed by atoms with Crippen LogP contribution in [0.25, 0.3) is 5.70 Å². The van der Waals surface area contributed by atoms with Crippen LogP contribution in [0.15, 0.2) is 29.8 Å². The van der Waals surface area contributed by atoms with E-state index in [1.807, 2.05) is 0 Å². The molecule has 0 bridgehead atoms. The van der Waals surface area contributed by atoms with Gasteiger partial charge in [-0.25, -0.2) is 9.38 Å². The maximum Gasteiger partial charge on any atom is 0.249 e. The molecule has 1 N–H and O–H groups in total. The van der Waals surface area contributed by atoms with Gasteiger partial charge in [-0.1, -0.05) is 12.6 Å². The van der Waals surface area contributed by atoms with Crippen molar-refractivity contribution in [3.05, 3.63) is 36.2 Å². The summed E-state index contributed by atoms with van der Waals surface area (Å²) in [6, 6.07) is 4.03. The lowest BCUT2D eigenvalue weighted by Gasteiger charge is -2.38. The molecule has 1 saturated heterocycles. The highest BCUT2D eigenvalue weighted by atomic mass is 19.1. The molecule has 0 saturated carbocycles. The quantitative estimate of drug-likeness (QED) is 0.803. The van der Waals surface area contributed by atoms with Gasteiger partial charge in [-0.15, -0.1) is 0 Å². The molecule has 1 aromatic rings. The number of fused-ring (bicyclic) bond motifs is 1. The average Bonchev–Trinajstić information content (AvgIpc) is 2.40. The van der Waals surface area contributed by atoms with Crippen LogP contribution >= 0.6 is 0 Å². The number of amidine groups is 1. The second kappa shape index (κ2) is 4.80. The number of carbonyl (C=O) groups is 2. The molecule has 1 atom stereocenters. The van der Waals surface area contributed by atoms with Gasteiger partial charge in [0.1, 0.15) is 17.7 Å². The van der Waals surface area contributed by atoms with Crippen molar-refractivity contribution in [3.8, 4) is 0 Å². The molecule has 2 aliphatic heterocycles. The van der Waals surface area contributed by atoms with Gasteiger partial charge in [-0.3, -0.25) is 14.9 Å². The Labute approximate surface area is 121 Å². The summed E-state index contributed by atoms with van der Waals surface area (Å²) in [7, 11) is 0. The molecule has 1 fully saturated rings.